The van der Waals surface area contributed by atoms with Crippen molar-refractivity contribution in [3.63, 3.8) is 0 Å². The first kappa shape index (κ1) is 24.6. The summed E-state index contributed by atoms with van der Waals surface area (Å²) in [7, 11) is 1.43. The van der Waals surface area contributed by atoms with Crippen molar-refractivity contribution in [2.24, 2.45) is 5.73 Å². The van der Waals surface area contributed by atoms with Gasteiger partial charge in [-0.25, -0.2) is 0 Å². The summed E-state index contributed by atoms with van der Waals surface area (Å²) in [5.74, 6) is -0.288. The number of thioether (sulfide) groups is 1. The molecule has 24 heavy (non-hydrogen) atoms. The molecule has 5 heteroatoms. The SMILES string of the molecule is CCC[CH2][Sn]([CH2]CCC)([CH2]CCC)[CH2]SC(C)(C)C(N)C(=O)OC. The Kier molecular flexibility index (Phi) is 13.2. The number of ether oxygens (including phenoxy) is 1. The quantitative estimate of drug-likeness (QED) is 0.276. The van der Waals surface area contributed by atoms with Gasteiger partial charge in [-0.15, -0.1) is 0 Å². The summed E-state index contributed by atoms with van der Waals surface area (Å²) in [6.07, 6.45) is 8.04. The van der Waals surface area contributed by atoms with Crippen LogP contribution in [-0.2, 0) is 9.53 Å². The number of nitrogens with two attached hydrogens (primary N) is 1. The summed E-state index contributed by atoms with van der Waals surface area (Å²) in [5.41, 5.74) is 6.16. The van der Waals surface area contributed by atoms with Gasteiger partial charge in [0.1, 0.15) is 0 Å². The van der Waals surface area contributed by atoms with Gasteiger partial charge >= 0.3 is 159 Å². The molecule has 1 unspecified atom stereocenters. The summed E-state index contributed by atoms with van der Waals surface area (Å²) in [6, 6.07) is -0.542. The number of hydrogen-bond acceptors (Lipinski definition) is 4. The van der Waals surface area contributed by atoms with Crippen molar-refractivity contribution < 1.29 is 9.53 Å². The number of hydrogen-bond donors (Lipinski definition) is 1. The van der Waals surface area contributed by atoms with E-state index in [1.54, 1.807) is 0 Å². The predicted molar refractivity (Wildman–Crippen MR) is 111 cm³/mol. The molecule has 0 aliphatic heterocycles. The molecule has 0 saturated carbocycles. The Bertz CT molecular complexity index is 328. The number of carbonyl (C=O) groups excluding carboxylic acids is 1. The molecule has 0 rings (SSSR count). The molecular weight excluding hydrogens is 425 g/mol. The van der Waals surface area contributed by atoms with E-state index in [0.717, 1.165) is 0 Å². The van der Waals surface area contributed by atoms with E-state index in [-0.39, 0.29) is 10.7 Å². The number of methoxy groups -OCH3 is 1. The van der Waals surface area contributed by atoms with Crippen LogP contribution in [0.4, 0.5) is 0 Å². The Hall–Kier alpha value is 0.579. The summed E-state index contributed by atoms with van der Waals surface area (Å²) < 4.78 is 10.4. The maximum atomic E-state index is 11.9. The Morgan fingerprint density at radius 3 is 1.79 bits per heavy atom. The van der Waals surface area contributed by atoms with Crippen LogP contribution in [0, 0.1) is 0 Å². The van der Waals surface area contributed by atoms with Gasteiger partial charge in [-0.1, -0.05) is 0 Å². The summed E-state index contributed by atoms with van der Waals surface area (Å²) in [5, 5.41) is 0. The Labute approximate surface area is 159 Å². The fraction of sp³-hybridized carbons (Fsp3) is 0.947. The van der Waals surface area contributed by atoms with Gasteiger partial charge in [0.05, 0.1) is 0 Å². The van der Waals surface area contributed by atoms with Gasteiger partial charge in [-0.05, 0) is 0 Å². The van der Waals surface area contributed by atoms with Crippen molar-refractivity contribution >= 4 is 36.1 Å². The molecular formula is C19H41NO2SSn. The predicted octanol–water partition coefficient (Wildman–Crippen LogP) is 5.39. The van der Waals surface area contributed by atoms with Gasteiger partial charge in [-0.2, -0.15) is 0 Å². The van der Waals surface area contributed by atoms with Crippen LogP contribution in [-0.4, -0.2) is 46.0 Å². The van der Waals surface area contributed by atoms with E-state index in [2.05, 4.69) is 34.6 Å². The van der Waals surface area contributed by atoms with E-state index < -0.39 is 24.4 Å². The third kappa shape index (κ3) is 8.79. The van der Waals surface area contributed by atoms with Crippen molar-refractivity contribution in [2.75, 3.05) is 10.9 Å². The minimum absolute atomic E-state index is 0.250. The topological polar surface area (TPSA) is 52.3 Å². The molecule has 1 atom stereocenters. The molecule has 0 aliphatic rings. The second-order valence-corrected chi connectivity index (χ2v) is 24.6. The molecule has 0 aliphatic carbocycles. The molecule has 0 aromatic carbocycles. The fourth-order valence-corrected chi connectivity index (χ4v) is 25.6. The molecule has 0 aromatic rings. The Morgan fingerprint density at radius 1 is 1.04 bits per heavy atom. The van der Waals surface area contributed by atoms with Crippen molar-refractivity contribution in [1.82, 2.24) is 0 Å². The van der Waals surface area contributed by atoms with E-state index in [0.29, 0.717) is 0 Å². The van der Waals surface area contributed by atoms with Crippen molar-refractivity contribution in [3.05, 3.63) is 0 Å². The second-order valence-electron chi connectivity index (χ2n) is 7.70. The maximum absolute atomic E-state index is 11.9. The van der Waals surface area contributed by atoms with E-state index in [1.165, 1.54) is 62.7 Å². The van der Waals surface area contributed by atoms with Gasteiger partial charge < -0.3 is 0 Å². The van der Waals surface area contributed by atoms with Crippen LogP contribution in [0.1, 0.15) is 73.1 Å². The van der Waals surface area contributed by atoms with Crippen LogP contribution in [0.3, 0.4) is 0 Å². The molecule has 0 radical (unpaired) electrons. The monoisotopic (exact) mass is 467 g/mol. The van der Waals surface area contributed by atoms with Crippen molar-refractivity contribution in [3.8, 4) is 0 Å². The summed E-state index contributed by atoms with van der Waals surface area (Å²) >= 11 is -0.214. The van der Waals surface area contributed by atoms with Crippen LogP contribution < -0.4 is 5.73 Å². The molecule has 0 saturated heterocycles. The number of unbranched alkanes of at least 4 members (excludes halogenated alkanes) is 3. The van der Waals surface area contributed by atoms with E-state index in [9.17, 15) is 4.79 Å². The second kappa shape index (κ2) is 12.9. The Morgan fingerprint density at radius 2 is 1.46 bits per heavy atom. The molecule has 0 bridgehead atoms. The van der Waals surface area contributed by atoms with Gasteiger partial charge in [-0.3, -0.25) is 0 Å². The van der Waals surface area contributed by atoms with Crippen LogP contribution in [0.15, 0.2) is 0 Å². The first-order chi connectivity index (χ1) is 11.3. The van der Waals surface area contributed by atoms with Crippen molar-refractivity contribution in [2.45, 2.75) is 97.2 Å². The molecule has 144 valence electrons. The molecule has 0 aromatic heterocycles. The molecule has 3 nitrogen and oxygen atoms in total. The van der Waals surface area contributed by atoms with Gasteiger partial charge in [0.2, 0.25) is 0 Å². The van der Waals surface area contributed by atoms with Crippen LogP contribution >= 0.6 is 11.8 Å². The van der Waals surface area contributed by atoms with Crippen LogP contribution in [0.5, 0.6) is 0 Å². The molecule has 0 fully saturated rings. The molecule has 0 heterocycles. The summed E-state index contributed by atoms with van der Waals surface area (Å²) in [6.45, 7) is 11.1. The number of rotatable bonds is 14. The van der Waals surface area contributed by atoms with Crippen LogP contribution in [0.2, 0.25) is 13.3 Å². The summed E-state index contributed by atoms with van der Waals surface area (Å²) in [4.78, 5) is 11.9. The van der Waals surface area contributed by atoms with E-state index in [4.69, 9.17) is 10.5 Å². The molecule has 0 spiro atoms. The average Bonchev–Trinajstić information content (AvgIpc) is 2.59. The normalized spacial score (nSPS) is 13.8. The first-order valence-corrected chi connectivity index (χ1v) is 18.8. The fourth-order valence-electron chi connectivity index (χ4n) is 3.09. The standard InChI is InChI=1S/C7H14NO2S.3C4H9.Sn/c1-7(2,11-4)5(8)6(9)10-3;3*1-3-4-2;/h5H,4,8H2,1-3H3;3*1,3-4H2,2H3;. The van der Waals surface area contributed by atoms with Crippen molar-refractivity contribution in [1.29, 1.82) is 0 Å². The van der Waals surface area contributed by atoms with Gasteiger partial charge in [0.15, 0.2) is 0 Å². The Balaban J connectivity index is 5.07. The molecule has 0 amide bonds. The van der Waals surface area contributed by atoms with Gasteiger partial charge in [0.25, 0.3) is 0 Å². The van der Waals surface area contributed by atoms with E-state index >= 15 is 0 Å². The third-order valence-corrected chi connectivity index (χ3v) is 25.5. The average molecular weight is 466 g/mol. The zero-order valence-electron chi connectivity index (χ0n) is 17.0. The zero-order chi connectivity index (χ0) is 18.6. The molecule has 2 N–H and O–H groups in total. The minimum atomic E-state index is -2.17. The number of esters is 1. The van der Waals surface area contributed by atoms with Crippen LogP contribution in [0.25, 0.3) is 0 Å². The third-order valence-electron chi connectivity index (χ3n) is 5.14. The zero-order valence-corrected chi connectivity index (χ0v) is 20.6. The first-order valence-electron chi connectivity index (χ1n) is 9.76. The van der Waals surface area contributed by atoms with E-state index in [1.807, 2.05) is 11.8 Å². The van der Waals surface area contributed by atoms with Gasteiger partial charge in [0, 0.05) is 0 Å². The number of carbonyl (C=O) groups is 1.